The molecule has 0 saturated heterocycles. The summed E-state index contributed by atoms with van der Waals surface area (Å²) in [6.45, 7) is 5.95. The number of allylic oxidation sites excluding steroid dienone is 4. The lowest BCUT2D eigenvalue weighted by atomic mass is 10.0. The molecule has 2 heterocycles. The van der Waals surface area contributed by atoms with Crippen LogP contribution < -0.4 is 0 Å². The van der Waals surface area contributed by atoms with Crippen LogP contribution in [0.15, 0.2) is 48.8 Å². The summed E-state index contributed by atoms with van der Waals surface area (Å²) in [4.78, 5) is 4.54. The second-order valence-electron chi connectivity index (χ2n) is 4.74. The van der Waals surface area contributed by atoms with Gasteiger partial charge in [0, 0.05) is 23.5 Å². The lowest BCUT2D eigenvalue weighted by Gasteiger charge is -2.14. The van der Waals surface area contributed by atoms with Gasteiger partial charge in [-0.2, -0.15) is 0 Å². The van der Waals surface area contributed by atoms with Crippen LogP contribution in [-0.2, 0) is 0 Å². The summed E-state index contributed by atoms with van der Waals surface area (Å²) >= 11 is 0. The zero-order chi connectivity index (χ0) is 12.5. The van der Waals surface area contributed by atoms with E-state index >= 15 is 0 Å². The minimum Gasteiger partial charge on any atom is -0.305 e. The van der Waals surface area contributed by atoms with Crippen LogP contribution in [0.2, 0.25) is 0 Å². The van der Waals surface area contributed by atoms with E-state index in [2.05, 4.69) is 53.5 Å². The normalized spacial score (nSPS) is 15.4. The average molecular weight is 236 g/mol. The number of aromatic nitrogens is 2. The van der Waals surface area contributed by atoms with E-state index in [0.29, 0.717) is 0 Å². The molecule has 0 radical (unpaired) electrons. The van der Waals surface area contributed by atoms with E-state index in [1.165, 1.54) is 16.7 Å². The number of hydrogen-bond acceptors (Lipinski definition) is 1. The molecule has 0 aromatic carbocycles. The van der Waals surface area contributed by atoms with E-state index in [9.17, 15) is 0 Å². The maximum Gasteiger partial charge on any atom is 0.144 e. The Morgan fingerprint density at radius 3 is 2.94 bits per heavy atom. The molecule has 0 atom stereocenters. The molecular weight excluding hydrogens is 220 g/mol. The van der Waals surface area contributed by atoms with Crippen LogP contribution in [0.25, 0.3) is 22.8 Å². The molecular formula is C16H16N2. The van der Waals surface area contributed by atoms with Crippen LogP contribution in [0.1, 0.15) is 25.3 Å². The van der Waals surface area contributed by atoms with Gasteiger partial charge in [-0.15, -0.1) is 0 Å². The summed E-state index contributed by atoms with van der Waals surface area (Å²) in [6, 6.07) is 4.23. The summed E-state index contributed by atoms with van der Waals surface area (Å²) in [5, 5.41) is 1.17. The third-order valence-corrected chi connectivity index (χ3v) is 3.43. The molecule has 0 fully saturated rings. The molecule has 2 aromatic heterocycles. The first-order chi connectivity index (χ1) is 8.78. The van der Waals surface area contributed by atoms with Crippen molar-refractivity contribution >= 4 is 22.8 Å². The lowest BCUT2D eigenvalue weighted by Crippen LogP contribution is -2.00. The Kier molecular flexibility index (Phi) is 2.63. The second-order valence-corrected chi connectivity index (χ2v) is 4.74. The van der Waals surface area contributed by atoms with Gasteiger partial charge in [-0.1, -0.05) is 24.3 Å². The quantitative estimate of drug-likeness (QED) is 0.761. The molecule has 0 amide bonds. The van der Waals surface area contributed by atoms with E-state index in [1.54, 1.807) is 0 Å². The van der Waals surface area contributed by atoms with E-state index < -0.39 is 0 Å². The maximum atomic E-state index is 4.54. The summed E-state index contributed by atoms with van der Waals surface area (Å²) in [5.41, 5.74) is 4.85. The van der Waals surface area contributed by atoms with E-state index in [0.717, 1.165) is 24.1 Å². The third kappa shape index (κ3) is 1.80. The fourth-order valence-corrected chi connectivity index (χ4v) is 2.32. The zero-order valence-corrected chi connectivity index (χ0v) is 10.6. The Hall–Kier alpha value is -2.09. The number of rotatable bonds is 2. The predicted octanol–water partition coefficient (Wildman–Crippen LogP) is 4.26. The predicted molar refractivity (Wildman–Crippen MR) is 77.1 cm³/mol. The molecule has 0 unspecified atom stereocenters. The van der Waals surface area contributed by atoms with Gasteiger partial charge >= 0.3 is 0 Å². The van der Waals surface area contributed by atoms with Gasteiger partial charge < -0.3 is 4.57 Å². The van der Waals surface area contributed by atoms with E-state index in [-0.39, 0.29) is 0 Å². The number of pyridine rings is 1. The minimum atomic E-state index is 1.03. The van der Waals surface area contributed by atoms with Crippen molar-refractivity contribution in [2.75, 3.05) is 0 Å². The average Bonchev–Trinajstić information content (AvgIpc) is 2.82. The highest BCUT2D eigenvalue weighted by molar-refractivity contribution is 5.82. The van der Waals surface area contributed by atoms with Crippen molar-refractivity contribution in [3.05, 3.63) is 54.4 Å². The van der Waals surface area contributed by atoms with Crippen molar-refractivity contribution in [2.45, 2.75) is 19.8 Å². The van der Waals surface area contributed by atoms with Crippen molar-refractivity contribution in [3.63, 3.8) is 0 Å². The van der Waals surface area contributed by atoms with Crippen molar-refractivity contribution in [1.29, 1.82) is 0 Å². The molecule has 0 N–H and O–H groups in total. The Labute approximate surface area is 107 Å². The van der Waals surface area contributed by atoms with Gasteiger partial charge in [0.25, 0.3) is 0 Å². The van der Waals surface area contributed by atoms with Gasteiger partial charge in [-0.25, -0.2) is 4.98 Å². The molecule has 0 aliphatic heterocycles. The largest absolute Gasteiger partial charge is 0.305 e. The van der Waals surface area contributed by atoms with Gasteiger partial charge in [0.1, 0.15) is 5.65 Å². The molecule has 0 spiro atoms. The molecule has 2 aromatic rings. The Morgan fingerprint density at radius 1 is 1.33 bits per heavy atom. The SMILES string of the molecule is C=Cc1cnc2c(ccn2C2=CC=C(C)CC2)c1. The Morgan fingerprint density at radius 2 is 2.22 bits per heavy atom. The smallest absolute Gasteiger partial charge is 0.144 e. The van der Waals surface area contributed by atoms with Crippen LogP contribution >= 0.6 is 0 Å². The Balaban J connectivity index is 2.11. The first kappa shape index (κ1) is 11.0. The molecule has 0 saturated carbocycles. The summed E-state index contributed by atoms with van der Waals surface area (Å²) < 4.78 is 2.19. The zero-order valence-electron chi connectivity index (χ0n) is 10.6. The van der Waals surface area contributed by atoms with Crippen LogP contribution in [0.3, 0.4) is 0 Å². The van der Waals surface area contributed by atoms with Crippen LogP contribution in [0.5, 0.6) is 0 Å². The number of hydrogen-bond donors (Lipinski definition) is 0. The fourth-order valence-electron chi connectivity index (χ4n) is 2.32. The van der Waals surface area contributed by atoms with Crippen molar-refractivity contribution in [2.24, 2.45) is 0 Å². The van der Waals surface area contributed by atoms with Gasteiger partial charge in [-0.3, -0.25) is 0 Å². The molecule has 90 valence electrons. The number of fused-ring (bicyclic) bond motifs is 1. The first-order valence-corrected chi connectivity index (χ1v) is 6.24. The lowest BCUT2D eigenvalue weighted by molar-refractivity contribution is 0.912. The fraction of sp³-hybridized carbons (Fsp3) is 0.188. The molecule has 18 heavy (non-hydrogen) atoms. The highest BCUT2D eigenvalue weighted by Crippen LogP contribution is 2.26. The first-order valence-electron chi connectivity index (χ1n) is 6.24. The summed E-state index contributed by atoms with van der Waals surface area (Å²) in [6.07, 6.45) is 12.4. The molecule has 1 aliphatic carbocycles. The van der Waals surface area contributed by atoms with Crippen LogP contribution in [0, 0.1) is 0 Å². The molecule has 1 aliphatic rings. The Bertz CT molecular complexity index is 671. The molecule has 2 heteroatoms. The summed E-state index contributed by atoms with van der Waals surface area (Å²) in [5.74, 6) is 0. The number of nitrogens with zero attached hydrogens (tertiary/aromatic N) is 2. The topological polar surface area (TPSA) is 17.8 Å². The van der Waals surface area contributed by atoms with Gasteiger partial charge in [-0.05, 0) is 43.5 Å². The van der Waals surface area contributed by atoms with Crippen LogP contribution in [-0.4, -0.2) is 9.55 Å². The molecule has 2 nitrogen and oxygen atoms in total. The van der Waals surface area contributed by atoms with Crippen molar-refractivity contribution in [3.8, 4) is 0 Å². The summed E-state index contributed by atoms with van der Waals surface area (Å²) in [7, 11) is 0. The van der Waals surface area contributed by atoms with E-state index in [1.807, 2.05) is 12.3 Å². The second kappa shape index (κ2) is 4.30. The standard InChI is InChI=1S/C16H16N2/c1-3-13-10-14-8-9-18(16(14)17-11-13)15-6-4-12(2)5-7-15/h3-4,6,8-11H,1,5,7H2,2H3. The van der Waals surface area contributed by atoms with E-state index in [4.69, 9.17) is 0 Å². The minimum absolute atomic E-state index is 1.03. The van der Waals surface area contributed by atoms with Gasteiger partial charge in [0.05, 0.1) is 0 Å². The highest BCUT2D eigenvalue weighted by Gasteiger charge is 2.09. The molecule has 0 bridgehead atoms. The van der Waals surface area contributed by atoms with Gasteiger partial charge in [0.15, 0.2) is 0 Å². The van der Waals surface area contributed by atoms with Gasteiger partial charge in [0.2, 0.25) is 0 Å². The van der Waals surface area contributed by atoms with Crippen molar-refractivity contribution in [1.82, 2.24) is 9.55 Å². The monoisotopic (exact) mass is 236 g/mol. The van der Waals surface area contributed by atoms with Crippen LogP contribution in [0.4, 0.5) is 0 Å². The third-order valence-electron chi connectivity index (χ3n) is 3.43. The van der Waals surface area contributed by atoms with Crippen molar-refractivity contribution < 1.29 is 0 Å². The molecule has 3 rings (SSSR count). The highest BCUT2D eigenvalue weighted by atomic mass is 15.0. The maximum absolute atomic E-state index is 4.54.